The molecule has 2 N–H and O–H groups in total. The van der Waals surface area contributed by atoms with Crippen LogP contribution in [0.5, 0.6) is 5.75 Å². The minimum Gasteiger partial charge on any atom is -0.492 e. The summed E-state index contributed by atoms with van der Waals surface area (Å²) in [7, 11) is 0. The van der Waals surface area contributed by atoms with Crippen LogP contribution in [0.3, 0.4) is 0 Å². The Morgan fingerprint density at radius 1 is 1.42 bits per heavy atom. The molecule has 0 saturated carbocycles. The average molecular weight is 283 g/mol. The number of thioether (sulfide) groups is 1. The third-order valence-electron chi connectivity index (χ3n) is 2.62. The number of carbonyl (C=O) groups is 1. The van der Waals surface area contributed by atoms with Gasteiger partial charge in [0.15, 0.2) is 0 Å². The van der Waals surface area contributed by atoms with Crippen molar-refractivity contribution in [3.8, 4) is 5.75 Å². The van der Waals surface area contributed by atoms with Gasteiger partial charge in [0.1, 0.15) is 5.75 Å². The van der Waals surface area contributed by atoms with Crippen molar-refractivity contribution in [1.82, 2.24) is 0 Å². The number of aliphatic hydroxyl groups is 1. The molecule has 2 unspecified atom stereocenters. The van der Waals surface area contributed by atoms with E-state index in [9.17, 15) is 9.90 Å². The van der Waals surface area contributed by atoms with E-state index >= 15 is 0 Å². The van der Waals surface area contributed by atoms with Crippen LogP contribution in [-0.2, 0) is 4.79 Å². The summed E-state index contributed by atoms with van der Waals surface area (Å²) in [5, 5.41) is 12.2. The lowest BCUT2D eigenvalue weighted by Gasteiger charge is -2.14. The fraction of sp³-hybridized carbons (Fsp3) is 0.500. The first-order valence-electron chi connectivity index (χ1n) is 6.36. The molecule has 0 bridgehead atoms. The molecule has 19 heavy (non-hydrogen) atoms. The Morgan fingerprint density at radius 2 is 2.11 bits per heavy atom. The highest BCUT2D eigenvalue weighted by atomic mass is 32.2. The lowest BCUT2D eigenvalue weighted by Crippen LogP contribution is -2.21. The second kappa shape index (κ2) is 8.07. The van der Waals surface area contributed by atoms with E-state index in [1.807, 2.05) is 38.1 Å². The summed E-state index contributed by atoms with van der Waals surface area (Å²) in [5.41, 5.74) is 0.680. The number of carbonyl (C=O) groups excluding carboxylic acids is 1. The number of para-hydroxylation sites is 2. The number of amides is 1. The summed E-state index contributed by atoms with van der Waals surface area (Å²) in [6.07, 6.45) is -0.423. The van der Waals surface area contributed by atoms with E-state index in [2.05, 4.69) is 5.32 Å². The molecule has 1 aromatic carbocycles. The maximum Gasteiger partial charge on any atom is 0.234 e. The molecule has 0 aliphatic heterocycles. The molecule has 0 heterocycles. The van der Waals surface area contributed by atoms with E-state index in [0.717, 1.165) is 0 Å². The molecule has 1 aromatic rings. The van der Waals surface area contributed by atoms with Gasteiger partial charge in [-0.25, -0.2) is 0 Å². The number of rotatable bonds is 7. The van der Waals surface area contributed by atoms with Crippen LogP contribution in [0.15, 0.2) is 24.3 Å². The van der Waals surface area contributed by atoms with Gasteiger partial charge in [0.05, 0.1) is 24.2 Å². The van der Waals surface area contributed by atoms with Gasteiger partial charge >= 0.3 is 0 Å². The lowest BCUT2D eigenvalue weighted by molar-refractivity contribution is -0.113. The first-order valence-corrected chi connectivity index (χ1v) is 7.40. The Morgan fingerprint density at radius 3 is 2.74 bits per heavy atom. The third kappa shape index (κ3) is 5.53. The highest BCUT2D eigenvalue weighted by Crippen LogP contribution is 2.24. The normalized spacial score (nSPS) is 13.7. The minimum atomic E-state index is -0.423. The molecule has 1 amide bonds. The highest BCUT2D eigenvalue weighted by Gasteiger charge is 2.13. The molecule has 0 aromatic heterocycles. The Balaban J connectivity index is 2.52. The van der Waals surface area contributed by atoms with Crippen molar-refractivity contribution in [3.63, 3.8) is 0 Å². The molecule has 0 spiro atoms. The van der Waals surface area contributed by atoms with Crippen molar-refractivity contribution < 1.29 is 14.6 Å². The molecular formula is C14H21NO3S. The van der Waals surface area contributed by atoms with Crippen molar-refractivity contribution in [2.24, 2.45) is 0 Å². The zero-order chi connectivity index (χ0) is 14.3. The number of hydrogen-bond donors (Lipinski definition) is 2. The van der Waals surface area contributed by atoms with Crippen LogP contribution in [0.4, 0.5) is 5.69 Å². The van der Waals surface area contributed by atoms with Crippen LogP contribution in [-0.4, -0.2) is 34.7 Å². The van der Waals surface area contributed by atoms with E-state index in [1.165, 1.54) is 11.8 Å². The van der Waals surface area contributed by atoms with Gasteiger partial charge in [-0.3, -0.25) is 4.79 Å². The van der Waals surface area contributed by atoms with Crippen LogP contribution in [0.25, 0.3) is 0 Å². The Bertz CT molecular complexity index is 409. The van der Waals surface area contributed by atoms with Gasteiger partial charge in [-0.15, -0.1) is 11.8 Å². The van der Waals surface area contributed by atoms with Gasteiger partial charge in [0.2, 0.25) is 5.91 Å². The Kier molecular flexibility index (Phi) is 6.73. The van der Waals surface area contributed by atoms with Crippen molar-refractivity contribution in [1.29, 1.82) is 0 Å². The molecule has 4 nitrogen and oxygen atoms in total. The molecular weight excluding hydrogens is 262 g/mol. The van der Waals surface area contributed by atoms with Crippen molar-refractivity contribution in [2.45, 2.75) is 32.1 Å². The molecule has 0 aliphatic rings. The number of aliphatic hydroxyl groups excluding tert-OH is 1. The Hall–Kier alpha value is -1.20. The molecule has 0 aliphatic carbocycles. The Labute approximate surface area is 118 Å². The van der Waals surface area contributed by atoms with Crippen LogP contribution >= 0.6 is 11.8 Å². The maximum absolute atomic E-state index is 11.8. The van der Waals surface area contributed by atoms with Gasteiger partial charge in [-0.05, 0) is 26.0 Å². The zero-order valence-electron chi connectivity index (χ0n) is 11.6. The highest BCUT2D eigenvalue weighted by molar-refractivity contribution is 8.00. The van der Waals surface area contributed by atoms with Crippen molar-refractivity contribution in [3.05, 3.63) is 24.3 Å². The van der Waals surface area contributed by atoms with Crippen LogP contribution < -0.4 is 10.1 Å². The third-order valence-corrected chi connectivity index (χ3v) is 3.97. The van der Waals surface area contributed by atoms with Gasteiger partial charge in [-0.1, -0.05) is 19.1 Å². The second-order valence-electron chi connectivity index (χ2n) is 4.23. The standard InChI is InChI=1S/C14H21NO3S/c1-4-18-13-8-6-5-7-12(13)15-14(17)9-19-11(3)10(2)16/h5-8,10-11,16H,4,9H2,1-3H3,(H,15,17). The monoisotopic (exact) mass is 283 g/mol. The van der Waals surface area contributed by atoms with Gasteiger partial charge in [0, 0.05) is 5.25 Å². The molecule has 0 radical (unpaired) electrons. The molecule has 2 atom stereocenters. The molecule has 1 rings (SSSR count). The van der Waals surface area contributed by atoms with Crippen molar-refractivity contribution in [2.75, 3.05) is 17.7 Å². The van der Waals surface area contributed by atoms with E-state index < -0.39 is 6.10 Å². The van der Waals surface area contributed by atoms with Gasteiger partial charge in [0.25, 0.3) is 0 Å². The second-order valence-corrected chi connectivity index (χ2v) is 5.60. The molecule has 106 valence electrons. The summed E-state index contributed by atoms with van der Waals surface area (Å²) >= 11 is 1.43. The first-order chi connectivity index (χ1) is 9.04. The lowest BCUT2D eigenvalue weighted by atomic mass is 10.3. The van der Waals surface area contributed by atoms with Gasteiger partial charge in [-0.2, -0.15) is 0 Å². The number of anilines is 1. The molecule has 0 fully saturated rings. The summed E-state index contributed by atoms with van der Waals surface area (Å²) in [6, 6.07) is 7.35. The van der Waals surface area contributed by atoms with Crippen LogP contribution in [0.2, 0.25) is 0 Å². The maximum atomic E-state index is 11.8. The minimum absolute atomic E-state index is 0.0351. The zero-order valence-corrected chi connectivity index (χ0v) is 12.4. The fourth-order valence-electron chi connectivity index (χ4n) is 1.38. The predicted molar refractivity (Wildman–Crippen MR) is 79.8 cm³/mol. The number of hydrogen-bond acceptors (Lipinski definition) is 4. The summed E-state index contributed by atoms with van der Waals surface area (Å²) in [4.78, 5) is 11.8. The van der Waals surface area contributed by atoms with Crippen LogP contribution in [0.1, 0.15) is 20.8 Å². The smallest absolute Gasteiger partial charge is 0.234 e. The van der Waals surface area contributed by atoms with Gasteiger partial charge < -0.3 is 15.2 Å². The average Bonchev–Trinajstić information content (AvgIpc) is 2.38. The molecule has 0 saturated heterocycles. The SMILES string of the molecule is CCOc1ccccc1NC(=O)CSC(C)C(C)O. The largest absolute Gasteiger partial charge is 0.492 e. The topological polar surface area (TPSA) is 58.6 Å². The number of benzene rings is 1. The quantitative estimate of drug-likeness (QED) is 0.807. The summed E-state index contributed by atoms with van der Waals surface area (Å²) < 4.78 is 5.44. The molecule has 5 heteroatoms. The van der Waals surface area contributed by atoms with E-state index in [4.69, 9.17) is 4.74 Å². The summed E-state index contributed by atoms with van der Waals surface area (Å²) in [5.74, 6) is 0.892. The van der Waals surface area contributed by atoms with E-state index in [1.54, 1.807) is 6.92 Å². The van der Waals surface area contributed by atoms with E-state index in [-0.39, 0.29) is 11.2 Å². The summed E-state index contributed by atoms with van der Waals surface area (Å²) in [6.45, 7) is 6.08. The number of ether oxygens (including phenoxy) is 1. The fourth-order valence-corrected chi connectivity index (χ4v) is 2.15. The first kappa shape index (κ1) is 15.9. The predicted octanol–water partition coefficient (Wildman–Crippen LogP) is 2.53. The van der Waals surface area contributed by atoms with Crippen molar-refractivity contribution >= 4 is 23.4 Å². The number of nitrogens with one attached hydrogen (secondary N) is 1. The van der Waals surface area contributed by atoms with Crippen LogP contribution in [0, 0.1) is 0 Å². The van der Waals surface area contributed by atoms with E-state index in [0.29, 0.717) is 23.8 Å².